The van der Waals surface area contributed by atoms with Crippen LogP contribution in [0.1, 0.15) is 31.4 Å². The van der Waals surface area contributed by atoms with Crippen LogP contribution in [0.25, 0.3) is 10.1 Å². The molecule has 1 aromatic heterocycles. The van der Waals surface area contributed by atoms with Gasteiger partial charge in [-0.3, -0.25) is 10.2 Å². The number of thiophene rings is 1. The molecule has 180 valence electrons. The van der Waals surface area contributed by atoms with Gasteiger partial charge in [-0.15, -0.1) is 11.3 Å². The van der Waals surface area contributed by atoms with Gasteiger partial charge in [-0.2, -0.15) is 4.31 Å². The van der Waals surface area contributed by atoms with Crippen LogP contribution < -0.4 is 5.73 Å². The molecule has 1 aliphatic rings. The number of amides is 1. The smallest absolute Gasteiger partial charge is 0.253 e. The van der Waals surface area contributed by atoms with Gasteiger partial charge in [-0.1, -0.05) is 55.8 Å². The Morgan fingerprint density at radius 1 is 1.21 bits per heavy atom. The lowest BCUT2D eigenvalue weighted by Crippen LogP contribution is -2.57. The van der Waals surface area contributed by atoms with Gasteiger partial charge in [-0.05, 0) is 41.5 Å². The minimum atomic E-state index is -3.83. The van der Waals surface area contributed by atoms with Gasteiger partial charge in [0.1, 0.15) is 10.0 Å². The van der Waals surface area contributed by atoms with E-state index in [4.69, 9.17) is 22.7 Å². The Morgan fingerprint density at radius 2 is 1.91 bits per heavy atom. The first kappa shape index (κ1) is 24.7. The highest BCUT2D eigenvalue weighted by molar-refractivity contribution is 7.91. The second-order valence-corrected chi connectivity index (χ2v) is 12.6. The summed E-state index contributed by atoms with van der Waals surface area (Å²) in [7, 11) is -3.83. The minimum absolute atomic E-state index is 0.0114. The van der Waals surface area contributed by atoms with Gasteiger partial charge < -0.3 is 10.6 Å². The summed E-state index contributed by atoms with van der Waals surface area (Å²) in [5, 5.41) is 8.90. The molecule has 2 heterocycles. The number of benzene rings is 2. The molecular formula is C24H27ClN4O3S2. The summed E-state index contributed by atoms with van der Waals surface area (Å²) in [6.45, 7) is 4.55. The molecule has 7 nitrogen and oxygen atoms in total. The molecule has 4 rings (SSSR count). The van der Waals surface area contributed by atoms with Crippen molar-refractivity contribution in [2.45, 2.75) is 37.1 Å². The summed E-state index contributed by atoms with van der Waals surface area (Å²) < 4.78 is 29.3. The monoisotopic (exact) mass is 518 g/mol. The molecule has 3 aromatic rings. The number of carbonyl (C=O) groups excluding carboxylic acids is 1. The van der Waals surface area contributed by atoms with Gasteiger partial charge in [0.25, 0.3) is 10.0 Å². The number of rotatable bonds is 7. The van der Waals surface area contributed by atoms with E-state index in [1.807, 2.05) is 12.1 Å². The number of carbonyl (C=O) groups is 1. The first-order chi connectivity index (χ1) is 16.0. The second-order valence-electron chi connectivity index (χ2n) is 8.96. The summed E-state index contributed by atoms with van der Waals surface area (Å²) in [6, 6.07) is 13.9. The Kier molecular flexibility index (Phi) is 7.00. The van der Waals surface area contributed by atoms with E-state index in [0.717, 1.165) is 15.6 Å². The van der Waals surface area contributed by atoms with Crippen LogP contribution in [0.5, 0.6) is 0 Å². The number of fused-ring (bicyclic) bond motifs is 1. The van der Waals surface area contributed by atoms with E-state index >= 15 is 0 Å². The average molecular weight is 519 g/mol. The van der Waals surface area contributed by atoms with Crippen molar-refractivity contribution < 1.29 is 13.2 Å². The van der Waals surface area contributed by atoms with E-state index in [2.05, 4.69) is 13.8 Å². The first-order valence-electron chi connectivity index (χ1n) is 11.0. The van der Waals surface area contributed by atoms with Crippen LogP contribution in [0.15, 0.2) is 52.7 Å². The van der Waals surface area contributed by atoms with Crippen LogP contribution in [0.4, 0.5) is 0 Å². The zero-order chi connectivity index (χ0) is 24.6. The van der Waals surface area contributed by atoms with Crippen molar-refractivity contribution in [2.75, 3.05) is 13.1 Å². The lowest BCUT2D eigenvalue weighted by molar-refractivity contribution is -0.138. The van der Waals surface area contributed by atoms with Crippen LogP contribution in [-0.4, -0.2) is 48.5 Å². The van der Waals surface area contributed by atoms with Crippen LogP contribution in [0.2, 0.25) is 5.02 Å². The van der Waals surface area contributed by atoms with E-state index < -0.39 is 10.0 Å². The van der Waals surface area contributed by atoms with Crippen LogP contribution in [-0.2, 0) is 21.4 Å². The molecular weight excluding hydrogens is 492 g/mol. The fourth-order valence-electron chi connectivity index (χ4n) is 4.21. The fourth-order valence-corrected chi connectivity index (χ4v) is 7.47. The molecule has 10 heteroatoms. The molecule has 1 unspecified atom stereocenters. The predicted molar refractivity (Wildman–Crippen MR) is 137 cm³/mol. The van der Waals surface area contributed by atoms with Gasteiger partial charge in [0.05, 0.1) is 6.54 Å². The quantitative estimate of drug-likeness (QED) is 0.359. The van der Waals surface area contributed by atoms with E-state index in [0.29, 0.717) is 23.6 Å². The third-order valence-electron chi connectivity index (χ3n) is 5.90. The molecule has 1 aliphatic heterocycles. The van der Waals surface area contributed by atoms with Crippen LogP contribution in [0, 0.1) is 11.3 Å². The van der Waals surface area contributed by atoms with Gasteiger partial charge in [-0.25, -0.2) is 8.42 Å². The van der Waals surface area contributed by atoms with E-state index in [1.54, 1.807) is 41.3 Å². The number of nitrogens with zero attached hydrogens (tertiary/aromatic N) is 2. The minimum Gasteiger partial charge on any atom is -0.384 e. The van der Waals surface area contributed by atoms with E-state index in [-0.39, 0.29) is 41.0 Å². The lowest BCUT2D eigenvalue weighted by atomic mass is 9.99. The molecule has 1 fully saturated rings. The van der Waals surface area contributed by atoms with Crippen molar-refractivity contribution >= 4 is 54.8 Å². The molecule has 1 saturated heterocycles. The number of piperazine rings is 1. The Hall–Kier alpha value is -2.46. The Labute approximate surface area is 208 Å². The Bertz CT molecular complexity index is 1340. The summed E-state index contributed by atoms with van der Waals surface area (Å²) in [5.41, 5.74) is 7.06. The normalized spacial score (nSPS) is 17.6. The first-order valence-corrected chi connectivity index (χ1v) is 13.6. The van der Waals surface area contributed by atoms with Gasteiger partial charge in [0.2, 0.25) is 5.91 Å². The lowest BCUT2D eigenvalue weighted by Gasteiger charge is -2.41. The number of nitrogens with one attached hydrogen (secondary N) is 1. The van der Waals surface area contributed by atoms with Gasteiger partial charge in [0, 0.05) is 34.4 Å². The van der Waals surface area contributed by atoms with E-state index in [1.165, 1.54) is 15.6 Å². The molecule has 0 saturated carbocycles. The van der Waals surface area contributed by atoms with Gasteiger partial charge in [0.15, 0.2) is 0 Å². The van der Waals surface area contributed by atoms with Crippen molar-refractivity contribution in [3.05, 3.63) is 64.7 Å². The molecule has 3 N–H and O–H groups in total. The van der Waals surface area contributed by atoms with Crippen molar-refractivity contribution in [1.82, 2.24) is 9.21 Å². The number of hydrogen-bond donors (Lipinski definition) is 2. The number of sulfonamides is 1. The zero-order valence-corrected chi connectivity index (χ0v) is 21.4. The Balaban J connectivity index is 1.59. The molecule has 0 aliphatic carbocycles. The standard InChI is InChI=1S/C24H27ClN4O3S2/c1-15(2)9-20-13-28(34(31,32)23-10-18-7-8-19(25)11-21(18)33-23)14-22(30)29(20)12-16-3-5-17(6-4-16)24(26)27/h3-8,10-11,15,20H,9,12-14H2,1-2H3,(H3,26,27). The third-order valence-corrected chi connectivity index (χ3v) is 9.50. The molecule has 34 heavy (non-hydrogen) atoms. The topological polar surface area (TPSA) is 108 Å². The summed E-state index contributed by atoms with van der Waals surface area (Å²) in [4.78, 5) is 15.0. The van der Waals surface area contributed by atoms with Crippen molar-refractivity contribution in [3.8, 4) is 0 Å². The molecule has 0 radical (unpaired) electrons. The second kappa shape index (κ2) is 9.65. The van der Waals surface area contributed by atoms with Crippen molar-refractivity contribution in [1.29, 1.82) is 5.41 Å². The summed E-state index contributed by atoms with van der Waals surface area (Å²) in [5.74, 6) is 0.0532. The fraction of sp³-hybridized carbons (Fsp3) is 0.333. The average Bonchev–Trinajstić information content (AvgIpc) is 3.20. The molecule has 0 bridgehead atoms. The number of halogens is 1. The SMILES string of the molecule is CC(C)CC1CN(S(=O)(=O)c2cc3ccc(Cl)cc3s2)CC(=O)N1Cc1ccc(C(=N)N)cc1. The highest BCUT2D eigenvalue weighted by Crippen LogP contribution is 2.34. The number of amidine groups is 1. The Morgan fingerprint density at radius 3 is 2.56 bits per heavy atom. The highest BCUT2D eigenvalue weighted by atomic mass is 35.5. The zero-order valence-electron chi connectivity index (χ0n) is 19.0. The van der Waals surface area contributed by atoms with Crippen LogP contribution in [0.3, 0.4) is 0 Å². The van der Waals surface area contributed by atoms with E-state index in [9.17, 15) is 13.2 Å². The summed E-state index contributed by atoms with van der Waals surface area (Å²) >= 11 is 7.23. The largest absolute Gasteiger partial charge is 0.384 e. The maximum Gasteiger partial charge on any atom is 0.253 e. The number of nitrogens with two attached hydrogens (primary N) is 1. The number of hydrogen-bond acceptors (Lipinski definition) is 5. The highest BCUT2D eigenvalue weighted by Gasteiger charge is 2.39. The maximum absolute atomic E-state index is 13.5. The van der Waals surface area contributed by atoms with Crippen LogP contribution >= 0.6 is 22.9 Å². The third kappa shape index (κ3) is 5.12. The summed E-state index contributed by atoms with van der Waals surface area (Å²) in [6.07, 6.45) is 0.686. The molecule has 2 aromatic carbocycles. The van der Waals surface area contributed by atoms with Crippen molar-refractivity contribution in [3.63, 3.8) is 0 Å². The van der Waals surface area contributed by atoms with Gasteiger partial charge >= 0.3 is 0 Å². The molecule has 1 amide bonds. The maximum atomic E-state index is 13.5. The predicted octanol–water partition coefficient (Wildman–Crippen LogP) is 4.29. The number of nitrogen functional groups attached to an aromatic ring is 1. The molecule has 1 atom stereocenters. The van der Waals surface area contributed by atoms with Crippen molar-refractivity contribution in [2.24, 2.45) is 11.7 Å². The molecule has 0 spiro atoms.